The molecule has 0 radical (unpaired) electrons. The number of rotatable bonds is 7. The van der Waals surface area contributed by atoms with Gasteiger partial charge in [-0.05, 0) is 42.0 Å². The summed E-state index contributed by atoms with van der Waals surface area (Å²) in [5.74, 6) is 1.16. The van der Waals surface area contributed by atoms with E-state index in [1.807, 2.05) is 48.5 Å². The number of H-pyrrole nitrogens is 1. The average Bonchev–Trinajstić information content (AvgIpc) is 3.64. The van der Waals surface area contributed by atoms with Crippen LogP contribution < -0.4 is 10.1 Å². The largest absolute Gasteiger partial charge is 0.484 e. The zero-order chi connectivity index (χ0) is 23.6. The molecule has 0 atom stereocenters. The van der Waals surface area contributed by atoms with Gasteiger partial charge in [-0.3, -0.25) is 4.99 Å². The zero-order valence-corrected chi connectivity index (χ0v) is 18.8. The normalized spacial score (nSPS) is 13.1. The topological polar surface area (TPSA) is 93.0 Å². The van der Waals surface area contributed by atoms with Crippen LogP contribution in [0.15, 0.2) is 77.9 Å². The molecule has 0 saturated carbocycles. The van der Waals surface area contributed by atoms with E-state index in [-0.39, 0.29) is 12.4 Å². The molecule has 0 unspecified atom stereocenters. The molecule has 9 heteroatoms. The van der Waals surface area contributed by atoms with Gasteiger partial charge in [-0.2, -0.15) is 0 Å². The Kier molecular flexibility index (Phi) is 5.42. The van der Waals surface area contributed by atoms with E-state index in [1.54, 1.807) is 23.0 Å². The molecule has 0 spiro atoms. The molecule has 174 valence electrons. The van der Waals surface area contributed by atoms with Gasteiger partial charge in [0.25, 0.3) is 0 Å². The first-order valence-electron chi connectivity index (χ1n) is 11.4. The molecule has 2 aromatic heterocycles. The monoisotopic (exact) mass is 467 g/mol. The summed E-state index contributed by atoms with van der Waals surface area (Å²) in [7, 11) is 0. The van der Waals surface area contributed by atoms with E-state index in [0.717, 1.165) is 41.1 Å². The van der Waals surface area contributed by atoms with Crippen LogP contribution in [0.3, 0.4) is 0 Å². The molecule has 0 fully saturated rings. The maximum atomic E-state index is 14.8. The molecule has 3 heterocycles. The highest BCUT2D eigenvalue weighted by Crippen LogP contribution is 2.26. The van der Waals surface area contributed by atoms with Crippen LogP contribution in [-0.2, 0) is 13.2 Å². The van der Waals surface area contributed by atoms with Crippen molar-refractivity contribution < 1.29 is 9.13 Å². The second-order valence-electron chi connectivity index (χ2n) is 8.30. The summed E-state index contributed by atoms with van der Waals surface area (Å²) in [6, 6.07) is 20.7. The van der Waals surface area contributed by atoms with Crippen molar-refractivity contribution >= 4 is 16.9 Å². The summed E-state index contributed by atoms with van der Waals surface area (Å²) < 4.78 is 22.2. The van der Waals surface area contributed by atoms with Crippen molar-refractivity contribution in [3.8, 4) is 17.1 Å². The fourth-order valence-corrected chi connectivity index (χ4v) is 4.05. The summed E-state index contributed by atoms with van der Waals surface area (Å²) in [5.41, 5.74) is 5.06. The molecule has 3 aromatic carbocycles. The molecule has 6 rings (SSSR count). The van der Waals surface area contributed by atoms with Gasteiger partial charge in [0.05, 0.1) is 30.3 Å². The average molecular weight is 468 g/mol. The number of hydrogen-bond acceptors (Lipinski definition) is 6. The number of fused-ring (bicyclic) bond motifs is 1. The third kappa shape index (κ3) is 4.48. The minimum atomic E-state index is -0.468. The standard InChI is InChI=1S/C26H22FN7O/c27-21-12-18(26-30-22-8-6-19(13-23(22)31-26)25-28-10-11-29-25)7-9-24(21)35-16-20-15-34(33-32-20)14-17-4-2-1-3-5-17/h1-9,12-13,15H,10-11,14,16H2,(H,28,29)(H,30,31). The van der Waals surface area contributed by atoms with Crippen molar-refractivity contribution in [2.24, 2.45) is 4.99 Å². The number of aromatic amines is 1. The van der Waals surface area contributed by atoms with Crippen molar-refractivity contribution in [1.82, 2.24) is 30.3 Å². The summed E-state index contributed by atoms with van der Waals surface area (Å²) in [4.78, 5) is 12.3. The number of benzene rings is 3. The van der Waals surface area contributed by atoms with Gasteiger partial charge >= 0.3 is 0 Å². The van der Waals surface area contributed by atoms with Crippen LogP contribution in [0, 0.1) is 5.82 Å². The van der Waals surface area contributed by atoms with Crippen LogP contribution in [0.4, 0.5) is 4.39 Å². The minimum Gasteiger partial charge on any atom is -0.484 e. The number of aliphatic imine (C=N–C) groups is 1. The van der Waals surface area contributed by atoms with Crippen molar-refractivity contribution in [2.75, 3.05) is 13.1 Å². The van der Waals surface area contributed by atoms with Crippen LogP contribution in [0.2, 0.25) is 0 Å². The number of nitrogens with zero attached hydrogens (tertiary/aromatic N) is 5. The predicted octanol–water partition coefficient (Wildman–Crippen LogP) is 3.94. The second-order valence-corrected chi connectivity index (χ2v) is 8.30. The molecule has 2 N–H and O–H groups in total. The molecule has 0 bridgehead atoms. The number of aromatic nitrogens is 5. The number of amidine groups is 1. The molecule has 0 aliphatic carbocycles. The van der Waals surface area contributed by atoms with E-state index < -0.39 is 5.82 Å². The van der Waals surface area contributed by atoms with Gasteiger partial charge in [-0.1, -0.05) is 35.5 Å². The highest BCUT2D eigenvalue weighted by atomic mass is 19.1. The zero-order valence-electron chi connectivity index (χ0n) is 18.8. The van der Waals surface area contributed by atoms with E-state index in [2.05, 4.69) is 30.6 Å². The Morgan fingerprint density at radius 1 is 1.00 bits per heavy atom. The minimum absolute atomic E-state index is 0.121. The van der Waals surface area contributed by atoms with Crippen LogP contribution >= 0.6 is 0 Å². The first-order chi connectivity index (χ1) is 17.2. The van der Waals surface area contributed by atoms with Crippen molar-refractivity contribution in [3.05, 3.63) is 95.6 Å². The maximum absolute atomic E-state index is 14.8. The number of nitrogens with one attached hydrogen (secondary N) is 2. The molecule has 35 heavy (non-hydrogen) atoms. The van der Waals surface area contributed by atoms with Gasteiger partial charge in [0.2, 0.25) is 0 Å². The molecular weight excluding hydrogens is 445 g/mol. The fraction of sp³-hybridized carbons (Fsp3) is 0.154. The summed E-state index contributed by atoms with van der Waals surface area (Å²) in [6.45, 7) is 2.36. The van der Waals surface area contributed by atoms with Crippen LogP contribution in [0.5, 0.6) is 5.75 Å². The first-order valence-corrected chi connectivity index (χ1v) is 11.4. The number of imidazole rings is 1. The van der Waals surface area contributed by atoms with Crippen molar-refractivity contribution in [1.29, 1.82) is 0 Å². The number of ether oxygens (including phenoxy) is 1. The maximum Gasteiger partial charge on any atom is 0.165 e. The molecule has 5 aromatic rings. The van der Waals surface area contributed by atoms with E-state index in [0.29, 0.717) is 23.6 Å². The van der Waals surface area contributed by atoms with E-state index in [9.17, 15) is 4.39 Å². The summed E-state index contributed by atoms with van der Waals surface area (Å²) >= 11 is 0. The smallest absolute Gasteiger partial charge is 0.165 e. The van der Waals surface area contributed by atoms with Crippen molar-refractivity contribution in [2.45, 2.75) is 13.2 Å². The molecule has 0 saturated heterocycles. The first kappa shape index (κ1) is 21.0. The highest BCUT2D eigenvalue weighted by molar-refractivity contribution is 6.02. The highest BCUT2D eigenvalue weighted by Gasteiger charge is 2.13. The summed E-state index contributed by atoms with van der Waals surface area (Å²) in [5, 5.41) is 11.5. The Hall–Kier alpha value is -4.53. The lowest BCUT2D eigenvalue weighted by Crippen LogP contribution is -2.19. The Bertz CT molecular complexity index is 1520. The summed E-state index contributed by atoms with van der Waals surface area (Å²) in [6.07, 6.45) is 1.80. The molecule has 1 aliphatic heterocycles. The van der Waals surface area contributed by atoms with Gasteiger partial charge in [0.15, 0.2) is 11.6 Å². The van der Waals surface area contributed by atoms with Crippen LogP contribution in [0.25, 0.3) is 22.4 Å². The van der Waals surface area contributed by atoms with Crippen molar-refractivity contribution in [3.63, 3.8) is 0 Å². The predicted molar refractivity (Wildman–Crippen MR) is 131 cm³/mol. The SMILES string of the molecule is Fc1cc(-c2nc3ccc(C4=NCCN4)cc3[nH]2)ccc1OCc1cn(Cc2ccccc2)nn1. The molecular formula is C26H22FN7O. The third-order valence-corrected chi connectivity index (χ3v) is 5.78. The lowest BCUT2D eigenvalue weighted by Gasteiger charge is -2.06. The van der Waals surface area contributed by atoms with E-state index >= 15 is 0 Å². The van der Waals surface area contributed by atoms with Gasteiger partial charge < -0.3 is 15.0 Å². The van der Waals surface area contributed by atoms with Crippen LogP contribution in [-0.4, -0.2) is 43.9 Å². The Morgan fingerprint density at radius 3 is 2.71 bits per heavy atom. The Balaban J connectivity index is 1.14. The number of hydrogen-bond donors (Lipinski definition) is 2. The third-order valence-electron chi connectivity index (χ3n) is 5.78. The molecule has 8 nitrogen and oxygen atoms in total. The van der Waals surface area contributed by atoms with E-state index in [4.69, 9.17) is 4.74 Å². The molecule has 0 amide bonds. The van der Waals surface area contributed by atoms with E-state index in [1.165, 1.54) is 6.07 Å². The molecule has 1 aliphatic rings. The number of halogens is 1. The quantitative estimate of drug-likeness (QED) is 0.378. The van der Waals surface area contributed by atoms with Gasteiger partial charge in [-0.15, -0.1) is 5.10 Å². The lowest BCUT2D eigenvalue weighted by atomic mass is 10.2. The van der Waals surface area contributed by atoms with Crippen LogP contribution in [0.1, 0.15) is 16.8 Å². The lowest BCUT2D eigenvalue weighted by molar-refractivity contribution is 0.286. The Morgan fingerprint density at radius 2 is 1.89 bits per heavy atom. The second kappa shape index (κ2) is 9.02. The van der Waals surface area contributed by atoms with Gasteiger partial charge in [-0.25, -0.2) is 14.1 Å². The van der Waals surface area contributed by atoms with Gasteiger partial charge in [0.1, 0.15) is 24.0 Å². The Labute approximate surface area is 200 Å². The van der Waals surface area contributed by atoms with Gasteiger partial charge in [0, 0.05) is 17.7 Å². The fourth-order valence-electron chi connectivity index (χ4n) is 4.05.